The first-order chi connectivity index (χ1) is 32.2. The molecule has 66 heavy (non-hydrogen) atoms. The fourth-order valence-electron chi connectivity index (χ4n) is 8.91. The number of aliphatic hydroxyl groups is 5. The molecule has 1 saturated heterocycles. The first-order valence-electron chi connectivity index (χ1n) is 28.0. The maximum Gasteiger partial charge on any atom is 0.305 e. The van der Waals surface area contributed by atoms with Gasteiger partial charge in [0.25, 0.3) is 0 Å². The number of aliphatic hydroxyl groups excluding tert-OH is 5. The first kappa shape index (κ1) is 62.4. The van der Waals surface area contributed by atoms with Gasteiger partial charge in [-0.1, -0.05) is 231 Å². The van der Waals surface area contributed by atoms with Gasteiger partial charge in [0.15, 0.2) is 6.29 Å². The number of carbonyl (C=O) groups is 2. The van der Waals surface area contributed by atoms with E-state index in [1.807, 2.05) is 6.08 Å². The Kier molecular flexibility index (Phi) is 43.3. The van der Waals surface area contributed by atoms with Gasteiger partial charge in [0.2, 0.25) is 5.91 Å². The third kappa shape index (κ3) is 35.5. The van der Waals surface area contributed by atoms with Crippen LogP contribution in [0, 0.1) is 0 Å². The van der Waals surface area contributed by atoms with Crippen LogP contribution >= 0.6 is 0 Å². The van der Waals surface area contributed by atoms with Crippen molar-refractivity contribution in [3.8, 4) is 0 Å². The van der Waals surface area contributed by atoms with Gasteiger partial charge in [0.05, 0.1) is 32.0 Å². The van der Waals surface area contributed by atoms with Gasteiger partial charge in [0, 0.05) is 12.8 Å². The molecule has 0 aromatic carbocycles. The first-order valence-corrected chi connectivity index (χ1v) is 28.0. The molecule has 390 valence electrons. The van der Waals surface area contributed by atoms with Crippen molar-refractivity contribution in [2.45, 2.75) is 307 Å². The van der Waals surface area contributed by atoms with Crippen LogP contribution in [-0.2, 0) is 23.8 Å². The fourth-order valence-corrected chi connectivity index (χ4v) is 8.91. The molecule has 0 bridgehead atoms. The van der Waals surface area contributed by atoms with Crippen molar-refractivity contribution in [2.75, 3.05) is 19.8 Å². The summed E-state index contributed by atoms with van der Waals surface area (Å²) >= 11 is 0. The Bertz CT molecular complexity index is 1110. The lowest BCUT2D eigenvalue weighted by Gasteiger charge is -2.40. The highest BCUT2D eigenvalue weighted by Gasteiger charge is 2.44. The van der Waals surface area contributed by atoms with Crippen molar-refractivity contribution < 1.29 is 49.3 Å². The highest BCUT2D eigenvalue weighted by atomic mass is 16.7. The number of ether oxygens (including phenoxy) is 3. The van der Waals surface area contributed by atoms with Crippen LogP contribution in [0.5, 0.6) is 0 Å². The van der Waals surface area contributed by atoms with E-state index in [-0.39, 0.29) is 18.5 Å². The Morgan fingerprint density at radius 3 is 1.41 bits per heavy atom. The maximum absolute atomic E-state index is 13.0. The van der Waals surface area contributed by atoms with Crippen LogP contribution in [0.4, 0.5) is 0 Å². The molecule has 0 aromatic rings. The lowest BCUT2D eigenvalue weighted by molar-refractivity contribution is -0.302. The molecule has 0 saturated carbocycles. The third-order valence-corrected chi connectivity index (χ3v) is 13.4. The minimum absolute atomic E-state index is 0.0117. The Balaban J connectivity index is 2.08. The number of hydrogen-bond donors (Lipinski definition) is 6. The number of rotatable bonds is 48. The number of nitrogens with one attached hydrogen (secondary N) is 1. The van der Waals surface area contributed by atoms with E-state index in [0.717, 1.165) is 64.2 Å². The van der Waals surface area contributed by atoms with Gasteiger partial charge in [-0.25, -0.2) is 0 Å². The standard InChI is InChI=1S/C55H105NO10/c1-3-5-7-9-11-13-22-27-31-35-39-43-51(60)64-44-40-36-32-28-24-21-19-17-15-16-18-20-23-26-30-34-38-42-50(59)56-47(46-65-55-54(63)53(62)52(61)49(45-57)66-55)48(58)41-37-33-29-25-14-12-10-8-6-4-2/h37,41,47-49,52-55,57-58,61-63H,3-36,38-40,42-46H2,1-2H3,(H,56,59)/b41-37+. The summed E-state index contributed by atoms with van der Waals surface area (Å²) < 4.78 is 16.7. The van der Waals surface area contributed by atoms with E-state index in [1.54, 1.807) is 6.08 Å². The number of allylic oxidation sites excluding steroid dienone is 1. The summed E-state index contributed by atoms with van der Waals surface area (Å²) in [6.45, 7) is 4.31. The van der Waals surface area contributed by atoms with Crippen LogP contribution in [-0.4, -0.2) is 100 Å². The van der Waals surface area contributed by atoms with E-state index in [9.17, 15) is 35.1 Å². The number of hydrogen-bond acceptors (Lipinski definition) is 10. The molecule has 11 nitrogen and oxygen atoms in total. The minimum atomic E-state index is -1.57. The van der Waals surface area contributed by atoms with E-state index in [2.05, 4.69) is 19.2 Å². The van der Waals surface area contributed by atoms with Crippen LogP contribution in [0.3, 0.4) is 0 Å². The largest absolute Gasteiger partial charge is 0.466 e. The molecule has 1 aliphatic rings. The van der Waals surface area contributed by atoms with Crippen molar-refractivity contribution in [1.82, 2.24) is 5.32 Å². The summed E-state index contributed by atoms with van der Waals surface area (Å²) in [5.41, 5.74) is 0. The molecule has 0 spiro atoms. The van der Waals surface area contributed by atoms with Crippen molar-refractivity contribution >= 4 is 11.9 Å². The van der Waals surface area contributed by atoms with Crippen molar-refractivity contribution in [1.29, 1.82) is 0 Å². The molecular weight excluding hydrogens is 835 g/mol. The highest BCUT2D eigenvalue weighted by Crippen LogP contribution is 2.23. The van der Waals surface area contributed by atoms with Gasteiger partial charge in [0.1, 0.15) is 24.4 Å². The van der Waals surface area contributed by atoms with E-state index in [0.29, 0.717) is 19.4 Å². The smallest absolute Gasteiger partial charge is 0.305 e. The zero-order valence-electron chi connectivity index (χ0n) is 42.7. The minimum Gasteiger partial charge on any atom is -0.466 e. The predicted molar refractivity (Wildman–Crippen MR) is 269 cm³/mol. The Morgan fingerprint density at radius 2 is 0.955 bits per heavy atom. The molecule has 1 aliphatic heterocycles. The van der Waals surface area contributed by atoms with Gasteiger partial charge >= 0.3 is 5.97 Å². The number of unbranched alkanes of at least 4 members (excludes halogenated alkanes) is 34. The number of amides is 1. The molecule has 0 aliphatic carbocycles. The second kappa shape index (κ2) is 45.8. The van der Waals surface area contributed by atoms with Crippen LogP contribution in [0.2, 0.25) is 0 Å². The molecule has 0 radical (unpaired) electrons. The van der Waals surface area contributed by atoms with Crippen LogP contribution in [0.15, 0.2) is 12.2 Å². The Morgan fingerprint density at radius 1 is 0.545 bits per heavy atom. The van der Waals surface area contributed by atoms with E-state index in [4.69, 9.17) is 14.2 Å². The molecule has 11 heteroatoms. The Hall–Kier alpha value is -1.60. The molecule has 7 unspecified atom stereocenters. The molecule has 1 fully saturated rings. The summed E-state index contributed by atoms with van der Waals surface area (Å²) in [7, 11) is 0. The van der Waals surface area contributed by atoms with Gasteiger partial charge in [-0.05, 0) is 32.1 Å². The van der Waals surface area contributed by atoms with Crippen molar-refractivity contribution in [2.24, 2.45) is 0 Å². The maximum atomic E-state index is 13.0. The van der Waals surface area contributed by atoms with Crippen LogP contribution < -0.4 is 5.32 Å². The van der Waals surface area contributed by atoms with Crippen LogP contribution in [0.25, 0.3) is 0 Å². The van der Waals surface area contributed by atoms with Crippen molar-refractivity contribution in [3.63, 3.8) is 0 Å². The van der Waals surface area contributed by atoms with Gasteiger partial charge in [-0.3, -0.25) is 9.59 Å². The lowest BCUT2D eigenvalue weighted by atomic mass is 9.99. The van der Waals surface area contributed by atoms with Crippen LogP contribution in [0.1, 0.15) is 264 Å². The molecule has 6 N–H and O–H groups in total. The average molecular weight is 940 g/mol. The normalized spacial score (nSPS) is 19.7. The SMILES string of the molecule is CCCCCCCCCC/C=C/C(O)C(COC1OC(CO)C(O)C(O)C1O)NC(=O)CCCCCCCCCCCCCCCCCCCOC(=O)CCCCCCCCCCCCC. The summed E-state index contributed by atoms with van der Waals surface area (Å²) in [6.07, 6.45) is 41.5. The van der Waals surface area contributed by atoms with Gasteiger partial charge in [-0.2, -0.15) is 0 Å². The lowest BCUT2D eigenvalue weighted by Crippen LogP contribution is -2.60. The fraction of sp³-hybridized carbons (Fsp3) is 0.927. The quantitative estimate of drug-likeness (QED) is 0.0196. The van der Waals surface area contributed by atoms with Crippen molar-refractivity contribution in [3.05, 3.63) is 12.2 Å². The molecule has 1 rings (SSSR count). The second-order valence-corrected chi connectivity index (χ2v) is 19.7. The topological polar surface area (TPSA) is 175 Å². The molecule has 7 atom stereocenters. The number of esters is 1. The van der Waals surface area contributed by atoms with Gasteiger partial charge in [-0.15, -0.1) is 0 Å². The molecular formula is C55H105NO10. The van der Waals surface area contributed by atoms with E-state index >= 15 is 0 Å². The monoisotopic (exact) mass is 940 g/mol. The number of carbonyl (C=O) groups excluding carboxylic acids is 2. The summed E-state index contributed by atoms with van der Waals surface area (Å²) in [4.78, 5) is 25.0. The predicted octanol–water partition coefficient (Wildman–Crippen LogP) is 12.0. The Labute approximate surface area is 404 Å². The third-order valence-electron chi connectivity index (χ3n) is 13.4. The molecule has 1 amide bonds. The van der Waals surface area contributed by atoms with Gasteiger partial charge < -0.3 is 45.1 Å². The van der Waals surface area contributed by atoms with E-state index in [1.165, 1.54) is 173 Å². The molecule has 1 heterocycles. The second-order valence-electron chi connectivity index (χ2n) is 19.7. The summed E-state index contributed by atoms with van der Waals surface area (Å²) in [5, 5.41) is 54.2. The molecule has 0 aromatic heterocycles. The summed E-state index contributed by atoms with van der Waals surface area (Å²) in [5.74, 6) is -0.199. The zero-order chi connectivity index (χ0) is 48.1. The average Bonchev–Trinajstić information content (AvgIpc) is 3.31. The summed E-state index contributed by atoms with van der Waals surface area (Å²) in [6, 6.07) is -0.811. The zero-order valence-corrected chi connectivity index (χ0v) is 42.7. The van der Waals surface area contributed by atoms with E-state index < -0.39 is 49.5 Å². The highest BCUT2D eigenvalue weighted by molar-refractivity contribution is 5.76.